The highest BCUT2D eigenvalue weighted by molar-refractivity contribution is 7.80. The number of ether oxygens (including phenoxy) is 1. The molecule has 0 saturated heterocycles. The summed E-state index contributed by atoms with van der Waals surface area (Å²) in [5.74, 6) is 3.59. The van der Waals surface area contributed by atoms with Crippen LogP contribution in [0.2, 0.25) is 0 Å². The normalized spacial score (nSPS) is 13.1. The van der Waals surface area contributed by atoms with Crippen LogP contribution in [0.15, 0.2) is 18.2 Å². The van der Waals surface area contributed by atoms with Crippen molar-refractivity contribution in [3.05, 3.63) is 29.3 Å². The molecule has 1 rings (SSSR count). The predicted octanol–water partition coefficient (Wildman–Crippen LogP) is 5.27. The van der Waals surface area contributed by atoms with Crippen molar-refractivity contribution in [1.82, 2.24) is 0 Å². The van der Waals surface area contributed by atoms with Crippen LogP contribution < -0.4 is 4.74 Å². The molecule has 0 radical (unpaired) electrons. The number of thiol groups is 1. The maximum Gasteiger partial charge on any atom is 0.122 e. The highest BCUT2D eigenvalue weighted by atomic mass is 32.1. The third kappa shape index (κ3) is 5.10. The molecule has 0 aromatic heterocycles. The fourth-order valence-corrected chi connectivity index (χ4v) is 2.46. The molecule has 0 bridgehead atoms. The Kier molecular flexibility index (Phi) is 6.78. The first-order chi connectivity index (χ1) is 8.95. The fraction of sp³-hybridized carbons (Fsp3) is 0.647. The van der Waals surface area contributed by atoms with Crippen molar-refractivity contribution < 1.29 is 4.74 Å². The number of rotatable bonds is 7. The van der Waals surface area contributed by atoms with E-state index in [9.17, 15) is 0 Å². The van der Waals surface area contributed by atoms with Crippen LogP contribution in [0.25, 0.3) is 0 Å². The second-order valence-electron chi connectivity index (χ2n) is 6.07. The van der Waals surface area contributed by atoms with E-state index in [0.29, 0.717) is 17.8 Å². The minimum absolute atomic E-state index is 0.491. The molecule has 0 saturated carbocycles. The number of hydrogen-bond acceptors (Lipinski definition) is 2. The van der Waals surface area contributed by atoms with Crippen LogP contribution in [-0.2, 0) is 0 Å². The third-order valence-corrected chi connectivity index (χ3v) is 3.62. The van der Waals surface area contributed by atoms with E-state index < -0.39 is 0 Å². The maximum absolute atomic E-state index is 5.94. The molecule has 0 heterocycles. The average molecular weight is 280 g/mol. The molecule has 0 N–H and O–H groups in total. The molecule has 1 unspecified atom stereocenters. The molecule has 1 aromatic rings. The summed E-state index contributed by atoms with van der Waals surface area (Å²) in [5.41, 5.74) is 2.72. The lowest BCUT2D eigenvalue weighted by Gasteiger charge is -2.19. The van der Waals surface area contributed by atoms with Crippen molar-refractivity contribution in [2.24, 2.45) is 5.92 Å². The Bertz CT molecular complexity index is 385. The van der Waals surface area contributed by atoms with Gasteiger partial charge in [-0.15, -0.1) is 0 Å². The Labute approximate surface area is 124 Å². The Morgan fingerprint density at radius 2 is 1.79 bits per heavy atom. The summed E-state index contributed by atoms with van der Waals surface area (Å²) in [6.07, 6.45) is 1.12. The third-order valence-electron chi connectivity index (χ3n) is 3.36. The van der Waals surface area contributed by atoms with Gasteiger partial charge in [0, 0.05) is 0 Å². The van der Waals surface area contributed by atoms with E-state index in [1.165, 1.54) is 11.1 Å². The van der Waals surface area contributed by atoms with Crippen LogP contribution >= 0.6 is 12.6 Å². The van der Waals surface area contributed by atoms with Gasteiger partial charge in [0.15, 0.2) is 0 Å². The van der Waals surface area contributed by atoms with Crippen LogP contribution in [0, 0.1) is 5.92 Å². The summed E-state index contributed by atoms with van der Waals surface area (Å²) in [6.45, 7) is 11.9. The van der Waals surface area contributed by atoms with Crippen LogP contribution in [0.4, 0.5) is 0 Å². The number of hydrogen-bond donors (Lipinski definition) is 1. The van der Waals surface area contributed by atoms with Gasteiger partial charge in [0.05, 0.1) is 6.61 Å². The summed E-state index contributed by atoms with van der Waals surface area (Å²) in [5, 5.41) is 0. The van der Waals surface area contributed by atoms with Gasteiger partial charge in [-0.3, -0.25) is 0 Å². The first kappa shape index (κ1) is 16.4. The lowest BCUT2D eigenvalue weighted by molar-refractivity contribution is 0.267. The minimum atomic E-state index is 0.491. The summed E-state index contributed by atoms with van der Waals surface area (Å²) in [6, 6.07) is 6.66. The van der Waals surface area contributed by atoms with Gasteiger partial charge in [0.2, 0.25) is 0 Å². The molecular formula is C17H28OS. The van der Waals surface area contributed by atoms with Crippen LogP contribution in [0.5, 0.6) is 5.75 Å². The largest absolute Gasteiger partial charge is 0.493 e. The van der Waals surface area contributed by atoms with Gasteiger partial charge in [-0.25, -0.2) is 0 Å². The standard InChI is InChI=1S/C17H28OS/c1-12(2)11-18-17-7-6-15(14(5)8-9-19)10-16(17)13(3)4/h6-7,10,12-14,19H,8-9,11H2,1-5H3. The molecule has 1 aromatic carbocycles. The van der Waals surface area contributed by atoms with Gasteiger partial charge in [0.1, 0.15) is 5.75 Å². The van der Waals surface area contributed by atoms with Gasteiger partial charge in [0.25, 0.3) is 0 Å². The van der Waals surface area contributed by atoms with E-state index in [4.69, 9.17) is 4.74 Å². The zero-order valence-electron chi connectivity index (χ0n) is 12.9. The summed E-state index contributed by atoms with van der Waals surface area (Å²) in [7, 11) is 0. The van der Waals surface area contributed by atoms with E-state index in [1.54, 1.807) is 0 Å². The zero-order chi connectivity index (χ0) is 14.4. The first-order valence-corrected chi connectivity index (χ1v) is 7.96. The van der Waals surface area contributed by atoms with Crippen LogP contribution in [0.3, 0.4) is 0 Å². The van der Waals surface area contributed by atoms with Gasteiger partial charge in [-0.1, -0.05) is 46.8 Å². The topological polar surface area (TPSA) is 9.23 Å². The highest BCUT2D eigenvalue weighted by Crippen LogP contribution is 2.31. The van der Waals surface area contributed by atoms with E-state index in [0.717, 1.165) is 24.5 Å². The molecule has 108 valence electrons. The van der Waals surface area contributed by atoms with Gasteiger partial charge < -0.3 is 4.74 Å². The zero-order valence-corrected chi connectivity index (χ0v) is 13.8. The molecule has 0 amide bonds. The predicted molar refractivity (Wildman–Crippen MR) is 87.7 cm³/mol. The van der Waals surface area contributed by atoms with Crippen molar-refractivity contribution >= 4 is 12.6 Å². The Hall–Kier alpha value is -0.630. The lowest BCUT2D eigenvalue weighted by Crippen LogP contribution is -2.07. The smallest absolute Gasteiger partial charge is 0.122 e. The SMILES string of the molecule is CC(C)COc1ccc(C(C)CCS)cc1C(C)C. The van der Waals surface area contributed by atoms with Crippen molar-refractivity contribution in [3.8, 4) is 5.75 Å². The Morgan fingerprint density at radius 1 is 1.11 bits per heavy atom. The molecular weight excluding hydrogens is 252 g/mol. The molecule has 0 fully saturated rings. The Balaban J connectivity index is 2.94. The second-order valence-corrected chi connectivity index (χ2v) is 6.52. The monoisotopic (exact) mass is 280 g/mol. The van der Waals surface area contributed by atoms with E-state index in [2.05, 4.69) is 65.4 Å². The van der Waals surface area contributed by atoms with E-state index in [1.807, 2.05) is 0 Å². The summed E-state index contributed by atoms with van der Waals surface area (Å²) in [4.78, 5) is 0. The minimum Gasteiger partial charge on any atom is -0.493 e. The molecule has 1 atom stereocenters. The van der Waals surface area contributed by atoms with Crippen molar-refractivity contribution in [1.29, 1.82) is 0 Å². The molecule has 19 heavy (non-hydrogen) atoms. The van der Waals surface area contributed by atoms with Gasteiger partial charge >= 0.3 is 0 Å². The molecule has 0 aliphatic carbocycles. The van der Waals surface area contributed by atoms with Crippen molar-refractivity contribution in [2.45, 2.75) is 52.9 Å². The molecule has 0 aliphatic heterocycles. The van der Waals surface area contributed by atoms with E-state index in [-0.39, 0.29) is 0 Å². The Morgan fingerprint density at radius 3 is 2.32 bits per heavy atom. The summed E-state index contributed by atoms with van der Waals surface area (Å²) < 4.78 is 5.94. The van der Waals surface area contributed by atoms with E-state index >= 15 is 0 Å². The molecule has 2 heteroatoms. The first-order valence-electron chi connectivity index (χ1n) is 7.33. The molecule has 0 aliphatic rings. The lowest BCUT2D eigenvalue weighted by atomic mass is 9.93. The highest BCUT2D eigenvalue weighted by Gasteiger charge is 2.12. The average Bonchev–Trinajstić information content (AvgIpc) is 2.36. The fourth-order valence-electron chi connectivity index (χ4n) is 2.07. The van der Waals surface area contributed by atoms with Gasteiger partial charge in [-0.05, 0) is 47.1 Å². The van der Waals surface area contributed by atoms with Crippen LogP contribution in [-0.4, -0.2) is 12.4 Å². The van der Waals surface area contributed by atoms with Gasteiger partial charge in [-0.2, -0.15) is 12.6 Å². The maximum atomic E-state index is 5.94. The quantitative estimate of drug-likeness (QED) is 0.670. The summed E-state index contributed by atoms with van der Waals surface area (Å²) >= 11 is 4.33. The van der Waals surface area contributed by atoms with Crippen molar-refractivity contribution in [2.75, 3.05) is 12.4 Å². The molecule has 1 nitrogen and oxygen atoms in total. The number of benzene rings is 1. The van der Waals surface area contributed by atoms with Crippen LogP contribution in [0.1, 0.15) is 64.0 Å². The second kappa shape index (κ2) is 7.84. The molecule has 0 spiro atoms. The van der Waals surface area contributed by atoms with Crippen molar-refractivity contribution in [3.63, 3.8) is 0 Å².